The second kappa shape index (κ2) is 10.1. The zero-order chi connectivity index (χ0) is 21.3. The fourth-order valence-corrected chi connectivity index (χ4v) is 2.56. The highest BCUT2D eigenvalue weighted by atomic mass is 19.1. The number of anilines is 3. The molecule has 1 aromatic carbocycles. The van der Waals surface area contributed by atoms with Crippen LogP contribution in [-0.2, 0) is 4.79 Å². The number of nitrogens with one attached hydrogen (secondary N) is 3. The maximum Gasteiger partial charge on any atom is 0.260 e. The number of rotatable bonds is 9. The Morgan fingerprint density at radius 1 is 1.07 bits per heavy atom. The average molecular weight is 410 g/mol. The first-order valence-electron chi connectivity index (χ1n) is 9.46. The van der Waals surface area contributed by atoms with Crippen LogP contribution in [0.3, 0.4) is 0 Å². The summed E-state index contributed by atoms with van der Waals surface area (Å²) >= 11 is 0. The molecule has 0 bridgehead atoms. The van der Waals surface area contributed by atoms with Gasteiger partial charge in [0, 0.05) is 25.4 Å². The van der Waals surface area contributed by atoms with Gasteiger partial charge in [-0.05, 0) is 43.7 Å². The van der Waals surface area contributed by atoms with Crippen molar-refractivity contribution in [2.45, 2.75) is 20.0 Å². The summed E-state index contributed by atoms with van der Waals surface area (Å²) in [5.74, 6) is 1.09. The van der Waals surface area contributed by atoms with Crippen molar-refractivity contribution in [1.29, 1.82) is 0 Å². The number of carbonyl (C=O) groups excluding carboxylic acids is 1. The molecule has 3 N–H and O–H groups in total. The number of aryl methyl sites for hydroxylation is 1. The van der Waals surface area contributed by atoms with Crippen LogP contribution < -0.4 is 20.7 Å². The number of amides is 1. The molecule has 0 aliphatic carbocycles. The molecule has 0 saturated heterocycles. The average Bonchev–Trinajstić information content (AvgIpc) is 2.73. The minimum absolute atomic E-state index is 0.0439. The maximum atomic E-state index is 13.6. The minimum Gasteiger partial charge on any atom is -0.478 e. The van der Waals surface area contributed by atoms with Gasteiger partial charge in [0.15, 0.2) is 17.7 Å². The fraction of sp³-hybridized carbons (Fsp3) is 0.238. The van der Waals surface area contributed by atoms with Crippen molar-refractivity contribution in [3.63, 3.8) is 0 Å². The molecule has 0 fully saturated rings. The Morgan fingerprint density at radius 2 is 1.83 bits per heavy atom. The molecule has 2 heterocycles. The molecule has 30 heavy (non-hydrogen) atoms. The Hall–Kier alpha value is -3.75. The van der Waals surface area contributed by atoms with E-state index in [1.54, 1.807) is 31.3 Å². The third kappa shape index (κ3) is 6.13. The van der Waals surface area contributed by atoms with Crippen molar-refractivity contribution in [1.82, 2.24) is 20.3 Å². The monoisotopic (exact) mass is 410 g/mol. The van der Waals surface area contributed by atoms with Gasteiger partial charge >= 0.3 is 0 Å². The van der Waals surface area contributed by atoms with E-state index in [-0.39, 0.29) is 11.7 Å². The smallest absolute Gasteiger partial charge is 0.260 e. The van der Waals surface area contributed by atoms with Gasteiger partial charge in [-0.25, -0.2) is 19.3 Å². The Bertz CT molecular complexity index is 1000. The van der Waals surface area contributed by atoms with E-state index in [1.807, 2.05) is 19.1 Å². The number of benzene rings is 1. The number of hydrogen-bond acceptors (Lipinski definition) is 7. The third-order valence-electron chi connectivity index (χ3n) is 4.08. The van der Waals surface area contributed by atoms with Crippen LogP contribution >= 0.6 is 0 Å². The van der Waals surface area contributed by atoms with Gasteiger partial charge in [-0.3, -0.25) is 4.79 Å². The molecule has 3 aromatic rings. The second-order valence-electron chi connectivity index (χ2n) is 6.54. The molecule has 2 aromatic heterocycles. The third-order valence-corrected chi connectivity index (χ3v) is 4.08. The summed E-state index contributed by atoms with van der Waals surface area (Å²) in [7, 11) is 0. The lowest BCUT2D eigenvalue weighted by Gasteiger charge is -2.15. The quantitative estimate of drug-likeness (QED) is 0.466. The van der Waals surface area contributed by atoms with E-state index in [9.17, 15) is 9.18 Å². The molecule has 3 rings (SSSR count). The first-order valence-corrected chi connectivity index (χ1v) is 9.46. The lowest BCUT2D eigenvalue weighted by Crippen LogP contribution is -2.38. The van der Waals surface area contributed by atoms with Crippen LogP contribution in [0.5, 0.6) is 5.75 Å². The van der Waals surface area contributed by atoms with Crippen molar-refractivity contribution >= 4 is 23.4 Å². The summed E-state index contributed by atoms with van der Waals surface area (Å²) in [6.07, 6.45) is 2.33. The number of pyridine rings is 1. The zero-order valence-electron chi connectivity index (χ0n) is 16.7. The van der Waals surface area contributed by atoms with E-state index < -0.39 is 11.9 Å². The van der Waals surface area contributed by atoms with Gasteiger partial charge in [0.2, 0.25) is 0 Å². The molecule has 1 atom stereocenters. The summed E-state index contributed by atoms with van der Waals surface area (Å²) < 4.78 is 19.0. The van der Waals surface area contributed by atoms with Crippen molar-refractivity contribution in [2.24, 2.45) is 0 Å². The van der Waals surface area contributed by atoms with Gasteiger partial charge in [-0.2, -0.15) is 0 Å². The summed E-state index contributed by atoms with van der Waals surface area (Å²) in [5.41, 5.74) is 1.09. The van der Waals surface area contributed by atoms with Gasteiger partial charge < -0.3 is 20.7 Å². The molecule has 0 radical (unpaired) electrons. The lowest BCUT2D eigenvalue weighted by atomic mass is 10.3. The summed E-state index contributed by atoms with van der Waals surface area (Å²) in [6.45, 7) is 4.33. The largest absolute Gasteiger partial charge is 0.478 e. The fourth-order valence-electron chi connectivity index (χ4n) is 2.56. The molecule has 1 amide bonds. The number of aromatic nitrogens is 3. The normalized spacial score (nSPS) is 11.4. The topological polar surface area (TPSA) is 101 Å². The van der Waals surface area contributed by atoms with Crippen LogP contribution in [0.1, 0.15) is 12.5 Å². The van der Waals surface area contributed by atoms with Crippen LogP contribution in [-0.4, -0.2) is 40.1 Å². The SMILES string of the molecule is Cc1ccnc(Nc2cc(NCCNC(=O)C(C)Oc3ccccc3F)ncn2)c1. The predicted molar refractivity (Wildman–Crippen MR) is 112 cm³/mol. The molecule has 0 aliphatic rings. The molecule has 8 nitrogen and oxygen atoms in total. The Kier molecular flexibility index (Phi) is 7.09. The van der Waals surface area contributed by atoms with Gasteiger partial charge in [-0.15, -0.1) is 0 Å². The zero-order valence-corrected chi connectivity index (χ0v) is 16.7. The predicted octanol–water partition coefficient (Wildman–Crippen LogP) is 3.06. The highest BCUT2D eigenvalue weighted by Crippen LogP contribution is 2.17. The van der Waals surface area contributed by atoms with Crippen LogP contribution in [0.25, 0.3) is 0 Å². The first-order chi connectivity index (χ1) is 14.5. The van der Waals surface area contributed by atoms with Crippen LogP contribution in [0.4, 0.5) is 21.8 Å². The van der Waals surface area contributed by atoms with Gasteiger partial charge in [-0.1, -0.05) is 12.1 Å². The van der Waals surface area contributed by atoms with Crippen molar-refractivity contribution < 1.29 is 13.9 Å². The van der Waals surface area contributed by atoms with Crippen molar-refractivity contribution in [3.8, 4) is 5.75 Å². The number of hydrogen-bond donors (Lipinski definition) is 3. The van der Waals surface area contributed by atoms with E-state index in [4.69, 9.17) is 4.74 Å². The van der Waals surface area contributed by atoms with E-state index >= 15 is 0 Å². The van der Waals surface area contributed by atoms with Crippen molar-refractivity contribution in [2.75, 3.05) is 23.7 Å². The maximum absolute atomic E-state index is 13.6. The molecule has 0 aliphatic heterocycles. The molecular weight excluding hydrogens is 387 g/mol. The van der Waals surface area contributed by atoms with E-state index in [0.29, 0.717) is 30.5 Å². The van der Waals surface area contributed by atoms with E-state index in [1.165, 1.54) is 18.5 Å². The van der Waals surface area contributed by atoms with Crippen LogP contribution in [0.15, 0.2) is 55.0 Å². The molecule has 156 valence electrons. The van der Waals surface area contributed by atoms with Crippen molar-refractivity contribution in [3.05, 3.63) is 66.4 Å². The molecule has 9 heteroatoms. The minimum atomic E-state index is -0.821. The summed E-state index contributed by atoms with van der Waals surface area (Å²) in [6, 6.07) is 11.5. The van der Waals surface area contributed by atoms with E-state index in [2.05, 4.69) is 30.9 Å². The van der Waals surface area contributed by atoms with Crippen LogP contribution in [0.2, 0.25) is 0 Å². The molecule has 0 spiro atoms. The second-order valence-corrected chi connectivity index (χ2v) is 6.54. The molecule has 1 unspecified atom stereocenters. The number of carbonyl (C=O) groups is 1. The Balaban J connectivity index is 1.44. The number of ether oxygens (including phenoxy) is 1. The van der Waals surface area contributed by atoms with Gasteiger partial charge in [0.1, 0.15) is 23.8 Å². The summed E-state index contributed by atoms with van der Waals surface area (Å²) in [5, 5.41) is 8.96. The van der Waals surface area contributed by atoms with Crippen LogP contribution in [0, 0.1) is 12.7 Å². The highest BCUT2D eigenvalue weighted by molar-refractivity contribution is 5.80. The lowest BCUT2D eigenvalue weighted by molar-refractivity contribution is -0.127. The highest BCUT2D eigenvalue weighted by Gasteiger charge is 2.15. The summed E-state index contributed by atoms with van der Waals surface area (Å²) in [4.78, 5) is 24.7. The van der Waals surface area contributed by atoms with Gasteiger partial charge in [0.05, 0.1) is 0 Å². The Morgan fingerprint density at radius 3 is 2.63 bits per heavy atom. The molecular formula is C21H23FN6O2. The van der Waals surface area contributed by atoms with Gasteiger partial charge in [0.25, 0.3) is 5.91 Å². The molecule has 0 saturated carbocycles. The number of nitrogens with zero attached hydrogens (tertiary/aromatic N) is 3. The van der Waals surface area contributed by atoms with E-state index in [0.717, 1.165) is 5.56 Å². The number of halogens is 1. The first kappa shape index (κ1) is 21.0. The standard InChI is InChI=1S/C21H23FN6O2/c1-14-7-8-23-19(11-14)28-20-12-18(26-13-27-20)24-9-10-25-21(29)15(2)30-17-6-4-3-5-16(17)22/h3-8,11-13,15H,9-10H2,1-2H3,(H,25,29)(H2,23,24,26,27,28). The number of para-hydroxylation sites is 1. The Labute approximate surface area is 173 Å².